The molecule has 0 aromatic heterocycles. The van der Waals surface area contributed by atoms with Crippen molar-refractivity contribution in [2.75, 3.05) is 25.8 Å². The Morgan fingerprint density at radius 1 is 0.684 bits per heavy atom. The Bertz CT molecular complexity index is 401. The minimum Gasteiger partial charge on any atom is -0.490 e. The van der Waals surface area contributed by atoms with Crippen LogP contribution in [0.3, 0.4) is 0 Å². The molecule has 14 nitrogen and oxygen atoms in total. The van der Waals surface area contributed by atoms with E-state index in [4.69, 9.17) is 28.3 Å². The van der Waals surface area contributed by atoms with Crippen molar-refractivity contribution >= 4 is 55.5 Å². The number of urea groups is 4. The Hall–Kier alpha value is -1.36. The van der Waals surface area contributed by atoms with Gasteiger partial charge in [-0.25, -0.2) is 14.4 Å². The molecule has 0 bridgehead atoms. The first-order valence-electron chi connectivity index (χ1n) is 10.2. The molecule has 8 amide bonds. The molecule has 0 atom stereocenters. The first-order chi connectivity index (χ1) is 16.8. The van der Waals surface area contributed by atoms with Gasteiger partial charge in [0.2, 0.25) is 0 Å². The summed E-state index contributed by atoms with van der Waals surface area (Å²) in [6.45, 7) is 11.4. The fourth-order valence-corrected chi connectivity index (χ4v) is 0.356. The van der Waals surface area contributed by atoms with Gasteiger partial charge in [-0.3, -0.25) is 18.9 Å². The van der Waals surface area contributed by atoms with Crippen LogP contribution in [0.5, 0.6) is 0 Å². The predicted molar refractivity (Wildman–Crippen MR) is 153 cm³/mol. The summed E-state index contributed by atoms with van der Waals surface area (Å²) in [5, 5.41) is 8.60. The Balaban J connectivity index is -0.0000000299. The Morgan fingerprint density at radius 2 is 0.868 bits per heavy atom. The fourth-order valence-electron chi connectivity index (χ4n) is 0.356. The summed E-state index contributed by atoms with van der Waals surface area (Å²) in [5.74, 6) is 0. The number of nitrogens with two attached hydrogens (primary N) is 6. The molecule has 0 saturated carbocycles. The van der Waals surface area contributed by atoms with Crippen LogP contribution < -0.4 is 55.7 Å². The van der Waals surface area contributed by atoms with E-state index in [0.29, 0.717) is 0 Å². The normalized spacial score (nSPS) is 6.53. The van der Waals surface area contributed by atoms with E-state index in [1.807, 2.05) is 0 Å². The number of primary amides is 4. The maximum absolute atomic E-state index is 10.0. The van der Waals surface area contributed by atoms with Crippen LogP contribution in [0.4, 0.5) is 19.2 Å². The molecular formula is C18H46B4N10O4W2. The van der Waals surface area contributed by atoms with Gasteiger partial charge in [-0.05, 0) is 25.8 Å². The Morgan fingerprint density at radius 3 is 0.895 bits per heavy atom. The van der Waals surface area contributed by atoms with Gasteiger partial charge in [0.15, 0.2) is 0 Å². The molecule has 8 radical (unpaired) electrons. The van der Waals surface area contributed by atoms with E-state index in [0.717, 1.165) is 12.8 Å². The predicted octanol–water partition coefficient (Wildman–Crippen LogP) is -2.17. The quantitative estimate of drug-likeness (QED) is 0.108. The van der Waals surface area contributed by atoms with Gasteiger partial charge in [-0.15, -0.1) is 0 Å². The third-order valence-electron chi connectivity index (χ3n) is 1.68. The molecule has 16 N–H and O–H groups in total. The average molecular weight is 878 g/mol. The summed E-state index contributed by atoms with van der Waals surface area (Å²) in [7, 11) is 25.0. The number of hydrogen-bond acceptors (Lipinski definition) is 6. The number of unbranched alkanes of at least 4 members (excludes halogenated alkanes) is 2. The summed E-state index contributed by atoms with van der Waals surface area (Å²) < 4.78 is 0. The van der Waals surface area contributed by atoms with Crippen molar-refractivity contribution in [1.29, 1.82) is 0 Å². The zero-order chi connectivity index (χ0) is 30.8. The zero-order valence-electron chi connectivity index (χ0n) is 22.7. The van der Waals surface area contributed by atoms with Crippen molar-refractivity contribution in [1.82, 2.24) is 21.3 Å². The second-order valence-electron chi connectivity index (χ2n) is 4.72. The number of rotatable bonds is 5. The molecule has 0 saturated heterocycles. The second kappa shape index (κ2) is 83.4. The molecule has 0 spiro atoms. The number of hydrogen-bond donors (Lipinski definition) is 10. The van der Waals surface area contributed by atoms with Crippen LogP contribution >= 0.6 is 0 Å². The van der Waals surface area contributed by atoms with Crippen LogP contribution in [-0.4, -0.2) is 81.3 Å². The van der Waals surface area contributed by atoms with Crippen LogP contribution in [-0.2, 0) is 42.1 Å². The summed E-state index contributed by atoms with van der Waals surface area (Å²) in [6, 6.07) is -2.36. The molecule has 0 fully saturated rings. The van der Waals surface area contributed by atoms with Gasteiger partial charge >= 0.3 is 60.2 Å². The molecule has 20 heteroatoms. The topological polar surface area (TPSA) is 273 Å². The van der Waals surface area contributed by atoms with Crippen molar-refractivity contribution in [2.24, 2.45) is 34.4 Å². The van der Waals surface area contributed by atoms with Crippen LogP contribution in [0.15, 0.2) is 0 Å². The summed E-state index contributed by atoms with van der Waals surface area (Å²) >= 11 is 0. The van der Waals surface area contributed by atoms with Gasteiger partial charge in [0, 0.05) is 0 Å². The van der Waals surface area contributed by atoms with Crippen LogP contribution in [0, 0.1) is 27.9 Å². The standard InChI is InChI=1S/2C4H9.C3H6BN2O.2C2H5BN2O.CH4BN.CH4N2O.CH4N.2W/c2*1-3-4-2;1-5-3(7)6-2-4;2*3-1-5-2(4)6;2-1-3;2-1(3)4;1-2;;/h2*1,3-4H2,2H3;1-2H2,(H2,5,6,7);2*1H2,(H3,4,5,6);1,3H2;(H4,2,3,4);1-2H2;;/q3*-1;;;;;-1;2*+2. The second-order valence-corrected chi connectivity index (χ2v) is 4.72. The third-order valence-corrected chi connectivity index (χ3v) is 1.68. The summed E-state index contributed by atoms with van der Waals surface area (Å²) in [5.41, 5.74) is 26.5. The van der Waals surface area contributed by atoms with Crippen molar-refractivity contribution < 1.29 is 61.3 Å². The first-order valence-corrected chi connectivity index (χ1v) is 10.2. The van der Waals surface area contributed by atoms with E-state index in [1.54, 1.807) is 0 Å². The number of nitrogens with one attached hydrogen (secondary N) is 4. The van der Waals surface area contributed by atoms with Crippen molar-refractivity contribution in [3.8, 4) is 0 Å². The van der Waals surface area contributed by atoms with Crippen LogP contribution in [0.2, 0.25) is 0 Å². The Kier molecular flexibility index (Phi) is 144. The number of carbonyl (C=O) groups excluding carboxylic acids is 4. The van der Waals surface area contributed by atoms with E-state index < -0.39 is 18.1 Å². The van der Waals surface area contributed by atoms with Crippen molar-refractivity contribution in [3.05, 3.63) is 27.9 Å². The molecule has 0 aliphatic rings. The van der Waals surface area contributed by atoms with Gasteiger partial charge in [0.05, 0.1) is 31.4 Å². The minimum atomic E-state index is -0.833. The van der Waals surface area contributed by atoms with Gasteiger partial charge in [-0.1, -0.05) is 26.7 Å². The molecule has 216 valence electrons. The van der Waals surface area contributed by atoms with Gasteiger partial charge in [-0.2, -0.15) is 12.8 Å². The molecule has 38 heavy (non-hydrogen) atoms. The fraction of sp³-hybridized carbons (Fsp3) is 0.556. The van der Waals surface area contributed by atoms with Crippen molar-refractivity contribution in [3.63, 3.8) is 0 Å². The van der Waals surface area contributed by atoms with E-state index >= 15 is 0 Å². The van der Waals surface area contributed by atoms with Gasteiger partial charge in [0.25, 0.3) is 6.03 Å². The Labute approximate surface area is 264 Å². The summed E-state index contributed by atoms with van der Waals surface area (Å²) in [6.07, 6.45) is 5.16. The van der Waals surface area contributed by atoms with E-state index in [1.165, 1.54) is 12.8 Å². The molecule has 0 aliphatic carbocycles. The smallest absolute Gasteiger partial charge is 0.490 e. The largest absolute Gasteiger partial charge is 2.00 e. The molecule has 0 aromatic carbocycles. The van der Waals surface area contributed by atoms with Gasteiger partial charge < -0.3 is 69.5 Å². The van der Waals surface area contributed by atoms with Crippen LogP contribution in [0.25, 0.3) is 0 Å². The maximum atomic E-state index is 10.0. The molecular weight excluding hydrogens is 831 g/mol. The van der Waals surface area contributed by atoms with Crippen molar-refractivity contribution in [2.45, 2.75) is 39.5 Å². The molecule has 0 heterocycles. The SMILES string of the molecule is NC(N)=O.[B]CN.[B]CNC(=O)N[CH2-].[B]CNC(N)=O.[B]CNC(N)=O.[CH2-]CCC.[CH2-]CCC.[CH2-]N.[W+2].[W+2]. The van der Waals surface area contributed by atoms with E-state index in [9.17, 15) is 14.4 Å². The molecule has 0 aromatic rings. The minimum absolute atomic E-state index is 0. The molecule has 0 aliphatic heterocycles. The van der Waals surface area contributed by atoms with E-state index in [-0.39, 0.29) is 73.9 Å². The molecule has 0 rings (SSSR count). The maximum Gasteiger partial charge on any atom is 2.00 e. The number of amides is 8. The number of carbonyl (C=O) groups is 4. The third kappa shape index (κ3) is 289. The summed E-state index contributed by atoms with van der Waals surface area (Å²) in [4.78, 5) is 38.3. The first kappa shape index (κ1) is 65.6. The van der Waals surface area contributed by atoms with E-state index in [2.05, 4.69) is 105 Å². The zero-order valence-corrected chi connectivity index (χ0v) is 28.6. The monoisotopic (exact) mass is 878 g/mol. The average Bonchev–Trinajstić information content (AvgIpc) is 2.81. The van der Waals surface area contributed by atoms with Crippen LogP contribution in [0.1, 0.15) is 39.5 Å². The van der Waals surface area contributed by atoms with Gasteiger partial charge in [0.1, 0.15) is 0 Å². The molecule has 0 unspecified atom stereocenters.